The predicted molar refractivity (Wildman–Crippen MR) is 140 cm³/mol. The van der Waals surface area contributed by atoms with Crippen LogP contribution in [0.2, 0.25) is 0 Å². The Hall–Kier alpha value is -3.14. The lowest BCUT2D eigenvalue weighted by molar-refractivity contribution is 0.0240. The highest BCUT2D eigenvalue weighted by Crippen LogP contribution is 2.34. The van der Waals surface area contributed by atoms with Gasteiger partial charge in [-0.3, -0.25) is 0 Å². The third kappa shape index (κ3) is 5.27. The second-order valence-corrected chi connectivity index (χ2v) is 10.7. The minimum Gasteiger partial charge on any atom is -0.444 e. The summed E-state index contributed by atoms with van der Waals surface area (Å²) in [6, 6.07) is 6.00. The van der Waals surface area contributed by atoms with Crippen molar-refractivity contribution < 1.29 is 9.53 Å². The van der Waals surface area contributed by atoms with Crippen molar-refractivity contribution >= 4 is 50.6 Å². The first-order valence-corrected chi connectivity index (χ1v) is 12.8. The Labute approximate surface area is 213 Å². The summed E-state index contributed by atoms with van der Waals surface area (Å²) in [6.45, 7) is 8.35. The molecule has 0 atom stereocenters. The van der Waals surface area contributed by atoms with Crippen LogP contribution in [0.1, 0.15) is 45.7 Å². The number of aromatic nitrogens is 4. The minimum atomic E-state index is -0.484. The summed E-state index contributed by atoms with van der Waals surface area (Å²) in [5.41, 5.74) is 3.88. The maximum absolute atomic E-state index is 12.3. The number of rotatable bonds is 4. The number of amides is 1. The molecule has 2 aliphatic rings. The SMILES string of the molecule is CC(C)(C)OC(=O)N1CCN(c2ccc(Nc3ncc4cc(Br)c(C5=CCCC5)n4n3)nc2)CC1. The fraction of sp³-hybridized carbons (Fsp3) is 0.440. The number of carbonyl (C=O) groups is 1. The number of nitrogens with zero attached hydrogens (tertiary/aromatic N) is 6. The molecule has 0 spiro atoms. The Morgan fingerprint density at radius 1 is 1.11 bits per heavy atom. The van der Waals surface area contributed by atoms with Gasteiger partial charge in [-0.1, -0.05) is 6.08 Å². The van der Waals surface area contributed by atoms with E-state index < -0.39 is 5.60 Å². The highest BCUT2D eigenvalue weighted by atomic mass is 79.9. The van der Waals surface area contributed by atoms with Crippen molar-refractivity contribution in [3.8, 4) is 0 Å². The van der Waals surface area contributed by atoms with E-state index in [0.717, 1.165) is 47.3 Å². The zero-order valence-electron chi connectivity index (χ0n) is 20.3. The highest BCUT2D eigenvalue weighted by Gasteiger charge is 2.26. The fourth-order valence-corrected chi connectivity index (χ4v) is 5.06. The van der Waals surface area contributed by atoms with Crippen LogP contribution >= 0.6 is 15.9 Å². The van der Waals surface area contributed by atoms with Crippen molar-refractivity contribution in [2.45, 2.75) is 45.6 Å². The topological polar surface area (TPSA) is 87.9 Å². The van der Waals surface area contributed by atoms with Gasteiger partial charge in [-0.15, -0.1) is 5.10 Å². The Morgan fingerprint density at radius 3 is 2.57 bits per heavy atom. The minimum absolute atomic E-state index is 0.256. The Bertz CT molecular complexity index is 1260. The maximum Gasteiger partial charge on any atom is 0.410 e. The molecule has 1 aliphatic heterocycles. The van der Waals surface area contributed by atoms with Crippen molar-refractivity contribution in [1.82, 2.24) is 24.5 Å². The second-order valence-electron chi connectivity index (χ2n) is 9.86. The quantitative estimate of drug-likeness (QED) is 0.484. The first-order chi connectivity index (χ1) is 16.8. The van der Waals surface area contributed by atoms with Gasteiger partial charge in [-0.2, -0.15) is 0 Å². The summed E-state index contributed by atoms with van der Waals surface area (Å²) in [7, 11) is 0. The normalized spacial score (nSPS) is 16.5. The van der Waals surface area contributed by atoms with E-state index >= 15 is 0 Å². The van der Waals surface area contributed by atoms with E-state index in [-0.39, 0.29) is 6.09 Å². The monoisotopic (exact) mass is 539 g/mol. The van der Waals surface area contributed by atoms with E-state index in [1.807, 2.05) is 55.9 Å². The molecule has 1 saturated heterocycles. The predicted octanol–water partition coefficient (Wildman–Crippen LogP) is 5.25. The third-order valence-electron chi connectivity index (χ3n) is 6.10. The summed E-state index contributed by atoms with van der Waals surface area (Å²) >= 11 is 3.69. The van der Waals surface area contributed by atoms with E-state index in [9.17, 15) is 4.79 Å². The smallest absolute Gasteiger partial charge is 0.410 e. The van der Waals surface area contributed by atoms with Crippen LogP contribution in [0.3, 0.4) is 0 Å². The summed E-state index contributed by atoms with van der Waals surface area (Å²) < 4.78 is 8.46. The van der Waals surface area contributed by atoms with Crippen LogP contribution in [0, 0.1) is 0 Å². The Kier molecular flexibility index (Phi) is 6.39. The van der Waals surface area contributed by atoms with E-state index in [0.29, 0.717) is 24.9 Å². The molecule has 1 amide bonds. The second kappa shape index (κ2) is 9.49. The summed E-state index contributed by atoms with van der Waals surface area (Å²) in [5, 5.41) is 7.94. The largest absolute Gasteiger partial charge is 0.444 e. The van der Waals surface area contributed by atoms with Crippen molar-refractivity contribution in [2.24, 2.45) is 0 Å². The molecule has 0 aromatic carbocycles. The average molecular weight is 540 g/mol. The fourth-order valence-electron chi connectivity index (χ4n) is 4.41. The zero-order chi connectivity index (χ0) is 24.6. The van der Waals surface area contributed by atoms with Gasteiger partial charge < -0.3 is 19.9 Å². The summed E-state index contributed by atoms with van der Waals surface area (Å²) in [5.74, 6) is 1.17. The number of carbonyl (C=O) groups excluding carboxylic acids is 1. The van der Waals surface area contributed by atoms with Crippen molar-refractivity contribution in [3.63, 3.8) is 0 Å². The van der Waals surface area contributed by atoms with Crippen LogP contribution in [-0.2, 0) is 4.74 Å². The lowest BCUT2D eigenvalue weighted by Gasteiger charge is -2.36. The average Bonchev–Trinajstić information content (AvgIpc) is 3.45. The molecular formula is C25H30BrN7O2. The first-order valence-electron chi connectivity index (χ1n) is 12.0. The van der Waals surface area contributed by atoms with Crippen LogP contribution in [0.5, 0.6) is 0 Å². The number of fused-ring (bicyclic) bond motifs is 1. The van der Waals surface area contributed by atoms with Crippen molar-refractivity contribution in [2.75, 3.05) is 36.4 Å². The molecule has 0 bridgehead atoms. The third-order valence-corrected chi connectivity index (χ3v) is 6.70. The lowest BCUT2D eigenvalue weighted by atomic mass is 10.2. The molecule has 10 heteroatoms. The van der Waals surface area contributed by atoms with Gasteiger partial charge in [0, 0.05) is 30.7 Å². The maximum atomic E-state index is 12.3. The Balaban J connectivity index is 1.24. The van der Waals surface area contributed by atoms with Gasteiger partial charge in [-0.25, -0.2) is 19.3 Å². The number of nitrogens with one attached hydrogen (secondary N) is 1. The summed E-state index contributed by atoms with van der Waals surface area (Å²) in [4.78, 5) is 25.3. The molecule has 9 nitrogen and oxygen atoms in total. The van der Waals surface area contributed by atoms with Gasteiger partial charge in [0.25, 0.3) is 0 Å². The van der Waals surface area contributed by atoms with E-state index in [1.165, 1.54) is 12.0 Å². The van der Waals surface area contributed by atoms with Crippen LogP contribution in [0.25, 0.3) is 11.1 Å². The van der Waals surface area contributed by atoms with Gasteiger partial charge >= 0.3 is 6.09 Å². The molecule has 3 aromatic rings. The van der Waals surface area contributed by atoms with Crippen molar-refractivity contribution in [3.05, 3.63) is 46.8 Å². The van der Waals surface area contributed by atoms with E-state index in [2.05, 4.69) is 42.2 Å². The number of hydrogen-bond donors (Lipinski definition) is 1. The van der Waals surface area contributed by atoms with Gasteiger partial charge in [0.1, 0.15) is 11.4 Å². The highest BCUT2D eigenvalue weighted by molar-refractivity contribution is 9.10. The molecule has 3 aromatic heterocycles. The van der Waals surface area contributed by atoms with Crippen LogP contribution in [0.15, 0.2) is 41.1 Å². The standard InChI is InChI=1S/C25H30BrN7O2/c1-25(2,3)35-24(34)32-12-10-31(11-13-32)18-8-9-21(27-15-18)29-23-28-16-19-14-20(26)22(33(19)30-23)17-6-4-5-7-17/h6,8-9,14-16H,4-5,7,10-13H2,1-3H3,(H,27,29,30). The van der Waals surface area contributed by atoms with E-state index in [4.69, 9.17) is 9.84 Å². The van der Waals surface area contributed by atoms with Gasteiger partial charge in [0.05, 0.1) is 29.3 Å². The van der Waals surface area contributed by atoms with Gasteiger partial charge in [0.2, 0.25) is 5.95 Å². The number of halogens is 1. The molecular weight excluding hydrogens is 510 g/mol. The molecule has 1 fully saturated rings. The zero-order valence-corrected chi connectivity index (χ0v) is 21.9. The number of ether oxygens (including phenoxy) is 1. The number of hydrogen-bond acceptors (Lipinski definition) is 7. The van der Waals surface area contributed by atoms with E-state index in [1.54, 1.807) is 4.90 Å². The molecule has 0 saturated carbocycles. The first kappa shape index (κ1) is 23.6. The number of anilines is 3. The molecule has 5 rings (SSSR count). The van der Waals surface area contributed by atoms with Crippen molar-refractivity contribution in [1.29, 1.82) is 0 Å². The van der Waals surface area contributed by atoms with Gasteiger partial charge in [0.15, 0.2) is 0 Å². The molecule has 4 heterocycles. The molecule has 1 aliphatic carbocycles. The lowest BCUT2D eigenvalue weighted by Crippen LogP contribution is -2.50. The Morgan fingerprint density at radius 2 is 1.91 bits per heavy atom. The van der Waals surface area contributed by atoms with Crippen LogP contribution in [-0.4, -0.2) is 62.4 Å². The summed E-state index contributed by atoms with van der Waals surface area (Å²) in [6.07, 6.45) is 9.04. The van der Waals surface area contributed by atoms with Crippen LogP contribution in [0.4, 0.5) is 22.2 Å². The molecule has 0 radical (unpaired) electrons. The molecule has 35 heavy (non-hydrogen) atoms. The molecule has 1 N–H and O–H groups in total. The van der Waals surface area contributed by atoms with Crippen LogP contribution < -0.4 is 10.2 Å². The number of allylic oxidation sites excluding steroid dienone is 2. The van der Waals surface area contributed by atoms with Gasteiger partial charge in [-0.05, 0) is 79.7 Å². The number of pyridine rings is 1. The number of piperazine rings is 1. The molecule has 0 unspecified atom stereocenters. The molecule has 184 valence electrons.